The Labute approximate surface area is 94.2 Å². The van der Waals surface area contributed by atoms with E-state index >= 15 is 0 Å². The summed E-state index contributed by atoms with van der Waals surface area (Å²) in [5.41, 5.74) is 1.49. The Balaban J connectivity index is 3.14. The van der Waals surface area contributed by atoms with Crippen molar-refractivity contribution in [1.82, 2.24) is 0 Å². The normalized spacial score (nSPS) is 9.75. The minimum absolute atomic E-state index is 0.400. The molecular weight excluding hydrogens is 208 g/mol. The van der Waals surface area contributed by atoms with Gasteiger partial charge in [0.2, 0.25) is 0 Å². The van der Waals surface area contributed by atoms with Crippen molar-refractivity contribution >= 4 is 11.9 Å². The van der Waals surface area contributed by atoms with E-state index in [9.17, 15) is 9.59 Å². The van der Waals surface area contributed by atoms with Gasteiger partial charge in [-0.1, -0.05) is 0 Å². The number of carbonyl (C=O) groups is 2. The number of carbonyl (C=O) groups excluding carboxylic acids is 2. The van der Waals surface area contributed by atoms with Gasteiger partial charge in [-0.05, 0) is 31.5 Å². The van der Waals surface area contributed by atoms with Crippen molar-refractivity contribution in [1.29, 1.82) is 0 Å². The second-order valence-corrected chi connectivity index (χ2v) is 3.57. The molecule has 1 aromatic rings. The van der Waals surface area contributed by atoms with Gasteiger partial charge in [0.25, 0.3) is 0 Å². The number of rotatable bonds is 2. The third-order valence-electron chi connectivity index (χ3n) is 1.96. The van der Waals surface area contributed by atoms with Crippen LogP contribution in [0.25, 0.3) is 0 Å². The van der Waals surface area contributed by atoms with Crippen LogP contribution in [0.15, 0.2) is 12.1 Å². The minimum Gasteiger partial charge on any atom is -0.426 e. The lowest BCUT2D eigenvalue weighted by atomic mass is 10.1. The van der Waals surface area contributed by atoms with Crippen molar-refractivity contribution in [3.8, 4) is 11.5 Å². The third kappa shape index (κ3) is 3.08. The summed E-state index contributed by atoms with van der Waals surface area (Å²) < 4.78 is 10.0. The van der Waals surface area contributed by atoms with Gasteiger partial charge in [-0.15, -0.1) is 0 Å². The maximum Gasteiger partial charge on any atom is 0.308 e. The predicted octanol–water partition coefficient (Wildman–Crippen LogP) is 2.15. The van der Waals surface area contributed by atoms with Crippen molar-refractivity contribution in [3.05, 3.63) is 23.3 Å². The molecule has 4 nitrogen and oxygen atoms in total. The molecule has 0 atom stereocenters. The first-order valence-electron chi connectivity index (χ1n) is 4.88. The van der Waals surface area contributed by atoms with Crippen LogP contribution in [0.2, 0.25) is 0 Å². The lowest BCUT2D eigenvalue weighted by Gasteiger charge is -2.11. The van der Waals surface area contributed by atoms with Crippen LogP contribution in [0.5, 0.6) is 11.5 Å². The monoisotopic (exact) mass is 222 g/mol. The summed E-state index contributed by atoms with van der Waals surface area (Å²) in [4.78, 5) is 21.8. The van der Waals surface area contributed by atoms with Gasteiger partial charge in [0.15, 0.2) is 0 Å². The van der Waals surface area contributed by atoms with Crippen LogP contribution in [0, 0.1) is 13.8 Å². The Morgan fingerprint density at radius 2 is 1.31 bits per heavy atom. The SMILES string of the molecule is CC(=O)Oc1cc(C)cc(OC(C)=O)c1C. The summed E-state index contributed by atoms with van der Waals surface area (Å²) in [7, 11) is 0. The maximum atomic E-state index is 10.9. The van der Waals surface area contributed by atoms with Gasteiger partial charge < -0.3 is 9.47 Å². The zero-order chi connectivity index (χ0) is 12.3. The molecule has 0 aliphatic heterocycles. The fourth-order valence-electron chi connectivity index (χ4n) is 1.31. The highest BCUT2D eigenvalue weighted by Crippen LogP contribution is 2.29. The van der Waals surface area contributed by atoms with Gasteiger partial charge in [0.05, 0.1) is 0 Å². The number of hydrogen-bond acceptors (Lipinski definition) is 4. The summed E-state index contributed by atoms with van der Waals surface area (Å²) in [5, 5.41) is 0. The van der Waals surface area contributed by atoms with Crippen LogP contribution in [-0.4, -0.2) is 11.9 Å². The predicted molar refractivity (Wildman–Crippen MR) is 58.5 cm³/mol. The standard InChI is InChI=1S/C12H14O4/c1-7-5-11(15-9(3)13)8(2)12(6-7)16-10(4)14/h5-6H,1-4H3. The van der Waals surface area contributed by atoms with E-state index in [1.165, 1.54) is 13.8 Å². The average Bonchev–Trinajstić information content (AvgIpc) is 2.11. The number of benzene rings is 1. The molecule has 0 aliphatic carbocycles. The van der Waals surface area contributed by atoms with Gasteiger partial charge in [-0.25, -0.2) is 0 Å². The fourth-order valence-corrected chi connectivity index (χ4v) is 1.31. The van der Waals surface area contributed by atoms with Crippen molar-refractivity contribution < 1.29 is 19.1 Å². The van der Waals surface area contributed by atoms with Crippen molar-refractivity contribution in [3.63, 3.8) is 0 Å². The van der Waals surface area contributed by atoms with E-state index in [2.05, 4.69) is 0 Å². The maximum absolute atomic E-state index is 10.9. The second-order valence-electron chi connectivity index (χ2n) is 3.57. The highest BCUT2D eigenvalue weighted by Gasteiger charge is 2.11. The molecule has 0 bridgehead atoms. The first-order valence-corrected chi connectivity index (χ1v) is 4.88. The summed E-state index contributed by atoms with van der Waals surface area (Å²) in [5.74, 6) is 0.0393. The van der Waals surface area contributed by atoms with Crippen LogP contribution in [-0.2, 0) is 9.59 Å². The summed E-state index contributed by atoms with van der Waals surface area (Å²) in [6.07, 6.45) is 0. The first kappa shape index (κ1) is 12.2. The summed E-state index contributed by atoms with van der Waals surface area (Å²) in [6.45, 7) is 6.22. The molecule has 0 heterocycles. The average molecular weight is 222 g/mol. The van der Waals surface area contributed by atoms with Crippen LogP contribution in [0.4, 0.5) is 0 Å². The minimum atomic E-state index is -0.400. The van der Waals surface area contributed by atoms with E-state index < -0.39 is 11.9 Å². The van der Waals surface area contributed by atoms with Crippen molar-refractivity contribution in [2.75, 3.05) is 0 Å². The summed E-state index contributed by atoms with van der Waals surface area (Å²) >= 11 is 0. The van der Waals surface area contributed by atoms with E-state index in [1.807, 2.05) is 6.92 Å². The molecule has 0 radical (unpaired) electrons. The highest BCUT2D eigenvalue weighted by molar-refractivity contribution is 5.72. The Bertz CT molecular complexity index is 398. The zero-order valence-electron chi connectivity index (χ0n) is 9.79. The molecule has 0 N–H and O–H groups in total. The van der Waals surface area contributed by atoms with E-state index in [0.717, 1.165) is 5.56 Å². The number of hydrogen-bond donors (Lipinski definition) is 0. The van der Waals surface area contributed by atoms with Crippen LogP contribution >= 0.6 is 0 Å². The molecule has 0 saturated heterocycles. The molecule has 0 aliphatic rings. The molecule has 0 saturated carbocycles. The molecule has 0 fully saturated rings. The fraction of sp³-hybridized carbons (Fsp3) is 0.333. The topological polar surface area (TPSA) is 52.6 Å². The molecule has 16 heavy (non-hydrogen) atoms. The molecule has 1 aromatic carbocycles. The van der Waals surface area contributed by atoms with Gasteiger partial charge >= 0.3 is 11.9 Å². The Morgan fingerprint density at radius 3 is 1.62 bits per heavy atom. The lowest BCUT2D eigenvalue weighted by Crippen LogP contribution is -2.07. The molecule has 1 rings (SSSR count). The van der Waals surface area contributed by atoms with Crippen LogP contribution in [0.1, 0.15) is 25.0 Å². The second kappa shape index (κ2) is 4.79. The van der Waals surface area contributed by atoms with Crippen molar-refractivity contribution in [2.45, 2.75) is 27.7 Å². The van der Waals surface area contributed by atoms with E-state index in [0.29, 0.717) is 17.1 Å². The Morgan fingerprint density at radius 1 is 0.938 bits per heavy atom. The quantitative estimate of drug-likeness (QED) is 0.568. The van der Waals surface area contributed by atoms with Gasteiger partial charge in [-0.3, -0.25) is 9.59 Å². The van der Waals surface area contributed by atoms with E-state index in [-0.39, 0.29) is 0 Å². The number of ether oxygens (including phenoxy) is 2. The van der Waals surface area contributed by atoms with Crippen LogP contribution in [0.3, 0.4) is 0 Å². The lowest BCUT2D eigenvalue weighted by molar-refractivity contribution is -0.132. The van der Waals surface area contributed by atoms with Gasteiger partial charge in [-0.2, -0.15) is 0 Å². The van der Waals surface area contributed by atoms with Gasteiger partial charge in [0, 0.05) is 19.4 Å². The molecular formula is C12H14O4. The molecule has 0 aromatic heterocycles. The Hall–Kier alpha value is -1.84. The largest absolute Gasteiger partial charge is 0.426 e. The molecule has 4 heteroatoms. The van der Waals surface area contributed by atoms with Crippen molar-refractivity contribution in [2.24, 2.45) is 0 Å². The number of aryl methyl sites for hydroxylation is 1. The number of esters is 2. The zero-order valence-corrected chi connectivity index (χ0v) is 9.79. The van der Waals surface area contributed by atoms with Gasteiger partial charge in [0.1, 0.15) is 11.5 Å². The molecule has 0 spiro atoms. The first-order chi connectivity index (χ1) is 7.40. The molecule has 0 unspecified atom stereocenters. The van der Waals surface area contributed by atoms with E-state index in [1.54, 1.807) is 19.1 Å². The summed E-state index contributed by atoms with van der Waals surface area (Å²) in [6, 6.07) is 3.45. The smallest absolute Gasteiger partial charge is 0.308 e. The van der Waals surface area contributed by atoms with Crippen LogP contribution < -0.4 is 9.47 Å². The van der Waals surface area contributed by atoms with E-state index in [4.69, 9.17) is 9.47 Å². The highest BCUT2D eigenvalue weighted by atomic mass is 16.5. The third-order valence-corrected chi connectivity index (χ3v) is 1.96. The molecule has 86 valence electrons. The Kier molecular flexibility index (Phi) is 3.66. The molecule has 0 amide bonds.